The highest BCUT2D eigenvalue weighted by molar-refractivity contribution is 5.76. The molecule has 138 valence electrons. The monoisotopic (exact) mass is 355 g/mol. The number of aromatic amines is 1. The fraction of sp³-hybridized carbons (Fsp3) is 0.474. The van der Waals surface area contributed by atoms with E-state index < -0.39 is 0 Å². The van der Waals surface area contributed by atoms with Crippen molar-refractivity contribution in [3.05, 3.63) is 46.1 Å². The molecule has 0 spiro atoms. The molecule has 0 saturated carbocycles. The maximum absolute atomic E-state index is 12.4. The molecule has 3 heterocycles. The molecular weight excluding hydrogens is 330 g/mol. The molecule has 0 aromatic carbocycles. The quantitative estimate of drug-likeness (QED) is 0.751. The number of H-pyrrole nitrogens is 1. The number of piperidine rings is 1. The number of aromatic nitrogens is 3. The van der Waals surface area contributed by atoms with Crippen molar-refractivity contribution in [2.24, 2.45) is 0 Å². The summed E-state index contributed by atoms with van der Waals surface area (Å²) in [7, 11) is 0. The van der Waals surface area contributed by atoms with Crippen LogP contribution in [0.4, 0.5) is 0 Å². The highest BCUT2D eigenvalue weighted by atomic mass is 16.1. The Hall–Kier alpha value is -2.54. The molecule has 0 radical (unpaired) electrons. The van der Waals surface area contributed by atoms with Gasteiger partial charge in [-0.15, -0.1) is 0 Å². The highest BCUT2D eigenvalue weighted by Crippen LogP contribution is 2.13. The Kier molecular flexibility index (Phi) is 5.78. The summed E-state index contributed by atoms with van der Waals surface area (Å²) in [5, 5.41) is 6.44. The Morgan fingerprint density at radius 1 is 1.42 bits per heavy atom. The average Bonchev–Trinajstić information content (AvgIpc) is 2.63. The lowest BCUT2D eigenvalue weighted by Crippen LogP contribution is -2.51. The third-order valence-corrected chi connectivity index (χ3v) is 4.87. The molecule has 3 rings (SSSR count). The van der Waals surface area contributed by atoms with Crippen molar-refractivity contribution in [1.82, 2.24) is 25.6 Å². The lowest BCUT2D eigenvalue weighted by Gasteiger charge is -2.30. The fourth-order valence-corrected chi connectivity index (χ4v) is 3.30. The number of carbonyl (C=O) groups excluding carboxylic acids is 1. The maximum Gasteiger partial charge on any atom is 0.254 e. The molecule has 3 N–H and O–H groups in total. The lowest BCUT2D eigenvalue weighted by molar-refractivity contribution is -0.122. The van der Waals surface area contributed by atoms with Crippen molar-refractivity contribution in [2.75, 3.05) is 6.54 Å². The van der Waals surface area contributed by atoms with E-state index in [-0.39, 0.29) is 30.0 Å². The van der Waals surface area contributed by atoms with Gasteiger partial charge in [0, 0.05) is 47.7 Å². The Bertz CT molecular complexity index is 818. The van der Waals surface area contributed by atoms with Crippen molar-refractivity contribution in [3.8, 4) is 11.4 Å². The Labute approximate surface area is 152 Å². The third kappa shape index (κ3) is 4.35. The number of carbonyl (C=O) groups is 1. The van der Waals surface area contributed by atoms with Gasteiger partial charge in [-0.3, -0.25) is 14.6 Å². The number of nitrogens with one attached hydrogen (secondary N) is 3. The van der Waals surface area contributed by atoms with Crippen molar-refractivity contribution < 1.29 is 4.79 Å². The second kappa shape index (κ2) is 8.23. The normalized spacial score (nSPS) is 19.9. The van der Waals surface area contributed by atoms with E-state index in [1.54, 1.807) is 25.4 Å². The molecule has 0 aliphatic carbocycles. The molecule has 2 aromatic heterocycles. The van der Waals surface area contributed by atoms with Gasteiger partial charge in [0.2, 0.25) is 5.91 Å². The van der Waals surface area contributed by atoms with Crippen LogP contribution in [0.5, 0.6) is 0 Å². The Morgan fingerprint density at radius 3 is 2.96 bits per heavy atom. The van der Waals surface area contributed by atoms with Crippen LogP contribution in [0.3, 0.4) is 0 Å². The molecule has 26 heavy (non-hydrogen) atoms. The number of hydrogen-bond donors (Lipinski definition) is 3. The number of pyridine rings is 1. The van der Waals surface area contributed by atoms with Crippen LogP contribution in [0.2, 0.25) is 0 Å². The zero-order valence-electron chi connectivity index (χ0n) is 15.2. The molecular formula is C19H25N5O2. The van der Waals surface area contributed by atoms with Crippen molar-refractivity contribution in [1.29, 1.82) is 0 Å². The van der Waals surface area contributed by atoms with Gasteiger partial charge in [-0.05, 0) is 51.8 Å². The molecule has 0 bridgehead atoms. The van der Waals surface area contributed by atoms with E-state index in [2.05, 4.69) is 32.5 Å². The highest BCUT2D eigenvalue weighted by Gasteiger charge is 2.22. The molecule has 7 nitrogen and oxygen atoms in total. The summed E-state index contributed by atoms with van der Waals surface area (Å²) in [6.45, 7) is 4.88. The molecule has 1 saturated heterocycles. The van der Waals surface area contributed by atoms with E-state index in [4.69, 9.17) is 0 Å². The van der Waals surface area contributed by atoms with Crippen LogP contribution in [0.15, 0.2) is 29.3 Å². The molecule has 2 aromatic rings. The number of hydrogen-bond acceptors (Lipinski definition) is 5. The van der Waals surface area contributed by atoms with Crippen LogP contribution in [0, 0.1) is 6.92 Å². The number of amides is 1. The van der Waals surface area contributed by atoms with E-state index in [9.17, 15) is 9.59 Å². The summed E-state index contributed by atoms with van der Waals surface area (Å²) in [6, 6.07) is 4.07. The predicted molar refractivity (Wildman–Crippen MR) is 99.8 cm³/mol. The summed E-state index contributed by atoms with van der Waals surface area (Å²) in [5.74, 6) is 0.469. The van der Waals surface area contributed by atoms with Gasteiger partial charge in [0.15, 0.2) is 0 Å². The molecule has 7 heteroatoms. The van der Waals surface area contributed by atoms with Crippen molar-refractivity contribution in [3.63, 3.8) is 0 Å². The molecule has 1 aliphatic rings. The second-order valence-corrected chi connectivity index (χ2v) is 6.78. The first-order chi connectivity index (χ1) is 12.5. The molecule has 1 fully saturated rings. The van der Waals surface area contributed by atoms with E-state index in [0.717, 1.165) is 24.9 Å². The van der Waals surface area contributed by atoms with Crippen LogP contribution >= 0.6 is 0 Å². The SMILES string of the molecule is Cc1nc(-c2cccnc2)[nH]c(=O)c1CCC(=O)NC1CCCNC1C. The summed E-state index contributed by atoms with van der Waals surface area (Å²) in [5.41, 5.74) is 1.77. The topological polar surface area (TPSA) is 99.8 Å². The maximum atomic E-state index is 12.4. The van der Waals surface area contributed by atoms with Crippen LogP contribution in [-0.4, -0.2) is 39.5 Å². The van der Waals surface area contributed by atoms with Gasteiger partial charge < -0.3 is 15.6 Å². The van der Waals surface area contributed by atoms with E-state index in [0.29, 0.717) is 23.5 Å². The van der Waals surface area contributed by atoms with Gasteiger partial charge in [0.1, 0.15) is 5.82 Å². The standard InChI is InChI=1S/C19H25N5O2/c1-12-15(7-8-17(25)23-16-6-4-10-21-13(16)2)19(26)24-18(22-12)14-5-3-9-20-11-14/h3,5,9,11,13,16,21H,4,6-8,10H2,1-2H3,(H,23,25)(H,22,24,26). The Morgan fingerprint density at radius 2 is 2.27 bits per heavy atom. The third-order valence-electron chi connectivity index (χ3n) is 4.87. The molecule has 1 aliphatic heterocycles. The summed E-state index contributed by atoms with van der Waals surface area (Å²) < 4.78 is 0. The molecule has 2 unspecified atom stereocenters. The van der Waals surface area contributed by atoms with Gasteiger partial charge in [0.05, 0.1) is 0 Å². The van der Waals surface area contributed by atoms with Gasteiger partial charge in [-0.2, -0.15) is 0 Å². The lowest BCUT2D eigenvalue weighted by atomic mass is 9.99. The smallest absolute Gasteiger partial charge is 0.254 e. The zero-order valence-corrected chi connectivity index (χ0v) is 15.2. The summed E-state index contributed by atoms with van der Waals surface area (Å²) in [4.78, 5) is 36.0. The van der Waals surface area contributed by atoms with Crippen molar-refractivity contribution in [2.45, 2.75) is 51.6 Å². The minimum atomic E-state index is -0.197. The minimum absolute atomic E-state index is 0.0271. The number of nitrogens with zero attached hydrogens (tertiary/aromatic N) is 2. The van der Waals surface area contributed by atoms with E-state index in [1.807, 2.05) is 6.07 Å². The van der Waals surface area contributed by atoms with Gasteiger partial charge in [0.25, 0.3) is 5.56 Å². The summed E-state index contributed by atoms with van der Waals surface area (Å²) >= 11 is 0. The first-order valence-corrected chi connectivity index (χ1v) is 9.07. The first kappa shape index (κ1) is 18.3. The van der Waals surface area contributed by atoms with Crippen molar-refractivity contribution >= 4 is 5.91 Å². The zero-order chi connectivity index (χ0) is 18.5. The minimum Gasteiger partial charge on any atom is -0.352 e. The fourth-order valence-electron chi connectivity index (χ4n) is 3.30. The van der Waals surface area contributed by atoms with Crippen LogP contribution in [0.25, 0.3) is 11.4 Å². The summed E-state index contributed by atoms with van der Waals surface area (Å²) in [6.07, 6.45) is 6.03. The van der Waals surface area contributed by atoms with Crippen LogP contribution in [0.1, 0.15) is 37.4 Å². The van der Waals surface area contributed by atoms with E-state index >= 15 is 0 Å². The van der Waals surface area contributed by atoms with Gasteiger partial charge in [-0.25, -0.2) is 4.98 Å². The molecule has 2 atom stereocenters. The Balaban J connectivity index is 1.65. The number of aryl methyl sites for hydroxylation is 1. The predicted octanol–water partition coefficient (Wildman–Crippen LogP) is 1.33. The van der Waals surface area contributed by atoms with Gasteiger partial charge >= 0.3 is 0 Å². The number of rotatable bonds is 5. The molecule has 1 amide bonds. The first-order valence-electron chi connectivity index (χ1n) is 9.07. The average molecular weight is 355 g/mol. The van der Waals surface area contributed by atoms with Gasteiger partial charge in [-0.1, -0.05) is 0 Å². The van der Waals surface area contributed by atoms with Crippen LogP contribution < -0.4 is 16.2 Å². The van der Waals surface area contributed by atoms with E-state index in [1.165, 1.54) is 0 Å². The largest absolute Gasteiger partial charge is 0.352 e. The second-order valence-electron chi connectivity index (χ2n) is 6.78. The van der Waals surface area contributed by atoms with Crippen LogP contribution in [-0.2, 0) is 11.2 Å².